The molecule has 0 unspecified atom stereocenters. The third kappa shape index (κ3) is 5.86. The Morgan fingerprint density at radius 2 is 2.05 bits per heavy atom. The number of phenolic OH excluding ortho intramolecular Hbond substituents is 1. The molecule has 0 spiro atoms. The number of aromatic hydroxyl groups is 1. The van der Waals surface area contributed by atoms with Gasteiger partial charge in [0.25, 0.3) is 0 Å². The van der Waals surface area contributed by atoms with Gasteiger partial charge in [-0.15, -0.1) is 0 Å². The molecule has 0 atom stereocenters. The second-order valence-corrected chi connectivity index (χ2v) is 5.02. The SMILES string of the molecule is CCCCC/C=C\C(=O)/C=C/c1cc(C)c(O)c(OC)c1. The van der Waals surface area contributed by atoms with Gasteiger partial charge in [0, 0.05) is 0 Å². The summed E-state index contributed by atoms with van der Waals surface area (Å²) in [6.07, 6.45) is 11.2. The van der Waals surface area contributed by atoms with Crippen LogP contribution in [0.1, 0.15) is 43.7 Å². The summed E-state index contributed by atoms with van der Waals surface area (Å²) in [4.78, 5) is 11.7. The number of carbonyl (C=O) groups excluding carboxylic acids is 1. The molecule has 0 saturated carbocycles. The van der Waals surface area contributed by atoms with E-state index < -0.39 is 0 Å². The molecule has 3 heteroatoms. The van der Waals surface area contributed by atoms with Crippen molar-refractivity contribution in [1.29, 1.82) is 0 Å². The fourth-order valence-electron chi connectivity index (χ4n) is 1.97. The number of hydrogen-bond acceptors (Lipinski definition) is 3. The smallest absolute Gasteiger partial charge is 0.178 e. The highest BCUT2D eigenvalue weighted by molar-refractivity contribution is 6.02. The molecular weight excluding hydrogens is 264 g/mol. The number of methoxy groups -OCH3 is 1. The van der Waals surface area contributed by atoms with Crippen molar-refractivity contribution in [3.05, 3.63) is 41.5 Å². The van der Waals surface area contributed by atoms with Crippen LogP contribution in [0.3, 0.4) is 0 Å². The Labute approximate surface area is 127 Å². The van der Waals surface area contributed by atoms with Gasteiger partial charge >= 0.3 is 0 Å². The lowest BCUT2D eigenvalue weighted by molar-refractivity contribution is -0.110. The van der Waals surface area contributed by atoms with Crippen molar-refractivity contribution < 1.29 is 14.6 Å². The lowest BCUT2D eigenvalue weighted by atomic mass is 10.1. The summed E-state index contributed by atoms with van der Waals surface area (Å²) in [6, 6.07) is 3.52. The number of ketones is 1. The first-order valence-electron chi connectivity index (χ1n) is 7.34. The van der Waals surface area contributed by atoms with Gasteiger partial charge in [-0.05, 0) is 55.2 Å². The fourth-order valence-corrected chi connectivity index (χ4v) is 1.97. The molecule has 1 aromatic carbocycles. The Balaban J connectivity index is 2.64. The first-order chi connectivity index (χ1) is 10.1. The Bertz CT molecular complexity index is 528. The highest BCUT2D eigenvalue weighted by Gasteiger charge is 2.05. The Hall–Kier alpha value is -2.03. The second kappa shape index (κ2) is 9.01. The number of benzene rings is 1. The molecule has 0 radical (unpaired) electrons. The lowest BCUT2D eigenvalue weighted by Crippen LogP contribution is -1.89. The first kappa shape index (κ1) is 17.0. The maximum Gasteiger partial charge on any atom is 0.178 e. The second-order valence-electron chi connectivity index (χ2n) is 5.02. The van der Waals surface area contributed by atoms with Crippen molar-refractivity contribution in [3.63, 3.8) is 0 Å². The topological polar surface area (TPSA) is 46.5 Å². The van der Waals surface area contributed by atoms with E-state index in [1.165, 1.54) is 26.0 Å². The van der Waals surface area contributed by atoms with E-state index in [1.54, 1.807) is 25.1 Å². The minimum absolute atomic E-state index is 0.0313. The van der Waals surface area contributed by atoms with Gasteiger partial charge in [-0.2, -0.15) is 0 Å². The molecule has 1 rings (SSSR count). The number of allylic oxidation sites excluding steroid dienone is 3. The number of rotatable bonds is 8. The molecule has 3 nitrogen and oxygen atoms in total. The van der Waals surface area contributed by atoms with Gasteiger partial charge in [0.2, 0.25) is 0 Å². The van der Waals surface area contributed by atoms with Crippen molar-refractivity contribution in [1.82, 2.24) is 0 Å². The van der Waals surface area contributed by atoms with Crippen LogP contribution in [-0.4, -0.2) is 18.0 Å². The Kier molecular flexibility index (Phi) is 7.30. The molecule has 1 aromatic rings. The quantitative estimate of drug-likeness (QED) is 0.568. The zero-order valence-electron chi connectivity index (χ0n) is 13.1. The summed E-state index contributed by atoms with van der Waals surface area (Å²) >= 11 is 0. The van der Waals surface area contributed by atoms with Crippen molar-refractivity contribution in [2.75, 3.05) is 7.11 Å². The monoisotopic (exact) mass is 288 g/mol. The molecule has 0 aromatic heterocycles. The number of carbonyl (C=O) groups is 1. The van der Waals surface area contributed by atoms with Crippen LogP contribution in [0, 0.1) is 6.92 Å². The van der Waals surface area contributed by atoms with E-state index in [9.17, 15) is 9.90 Å². The summed E-state index contributed by atoms with van der Waals surface area (Å²) < 4.78 is 5.09. The number of hydrogen-bond donors (Lipinski definition) is 1. The van der Waals surface area contributed by atoms with Gasteiger partial charge in [-0.1, -0.05) is 31.9 Å². The zero-order chi connectivity index (χ0) is 15.7. The highest BCUT2D eigenvalue weighted by atomic mass is 16.5. The molecule has 114 valence electrons. The number of ether oxygens (including phenoxy) is 1. The van der Waals surface area contributed by atoms with E-state index >= 15 is 0 Å². The number of aryl methyl sites for hydroxylation is 1. The van der Waals surface area contributed by atoms with E-state index in [0.717, 1.165) is 24.0 Å². The third-order valence-corrected chi connectivity index (χ3v) is 3.20. The van der Waals surface area contributed by atoms with Gasteiger partial charge in [0.1, 0.15) is 0 Å². The summed E-state index contributed by atoms with van der Waals surface area (Å²) in [6.45, 7) is 3.95. The molecule has 1 N–H and O–H groups in total. The average Bonchev–Trinajstić information content (AvgIpc) is 2.48. The Morgan fingerprint density at radius 3 is 2.71 bits per heavy atom. The van der Waals surface area contributed by atoms with Crippen molar-refractivity contribution in [2.45, 2.75) is 39.5 Å². The van der Waals surface area contributed by atoms with Crippen LogP contribution in [0.4, 0.5) is 0 Å². The summed E-state index contributed by atoms with van der Waals surface area (Å²) in [5.41, 5.74) is 1.55. The van der Waals surface area contributed by atoms with Gasteiger partial charge < -0.3 is 9.84 Å². The van der Waals surface area contributed by atoms with Crippen molar-refractivity contribution in [2.24, 2.45) is 0 Å². The summed E-state index contributed by atoms with van der Waals surface area (Å²) in [7, 11) is 1.51. The maximum absolute atomic E-state index is 11.7. The molecule has 0 saturated heterocycles. The molecule has 0 aliphatic rings. The molecule has 0 heterocycles. The summed E-state index contributed by atoms with van der Waals surface area (Å²) in [5, 5.41) is 9.76. The van der Waals surface area contributed by atoms with Crippen LogP contribution in [0.25, 0.3) is 6.08 Å². The molecular formula is C18H24O3. The van der Waals surface area contributed by atoms with E-state index in [4.69, 9.17) is 4.74 Å². The highest BCUT2D eigenvalue weighted by Crippen LogP contribution is 2.31. The minimum atomic E-state index is -0.0313. The largest absolute Gasteiger partial charge is 0.504 e. The first-order valence-corrected chi connectivity index (χ1v) is 7.34. The van der Waals surface area contributed by atoms with E-state index in [0.29, 0.717) is 5.75 Å². The van der Waals surface area contributed by atoms with Crippen LogP contribution in [0.15, 0.2) is 30.4 Å². The number of phenols is 1. The van der Waals surface area contributed by atoms with Gasteiger partial charge in [-0.3, -0.25) is 4.79 Å². The maximum atomic E-state index is 11.7. The average molecular weight is 288 g/mol. The standard InChI is InChI=1S/C18H24O3/c1-4-5-6-7-8-9-16(19)11-10-15-12-14(2)18(20)17(13-15)21-3/h8-13,20H,4-7H2,1-3H3/b9-8-,11-10+. The van der Waals surface area contributed by atoms with Crippen LogP contribution in [-0.2, 0) is 4.79 Å². The predicted octanol–water partition coefficient (Wildman–Crippen LogP) is 4.43. The predicted molar refractivity (Wildman–Crippen MR) is 86.7 cm³/mol. The van der Waals surface area contributed by atoms with E-state index in [1.807, 2.05) is 12.1 Å². The van der Waals surface area contributed by atoms with Crippen LogP contribution in [0.5, 0.6) is 11.5 Å². The van der Waals surface area contributed by atoms with E-state index in [-0.39, 0.29) is 11.5 Å². The molecule has 0 fully saturated rings. The Morgan fingerprint density at radius 1 is 1.29 bits per heavy atom. The third-order valence-electron chi connectivity index (χ3n) is 3.20. The van der Waals surface area contributed by atoms with Crippen molar-refractivity contribution >= 4 is 11.9 Å². The fraction of sp³-hybridized carbons (Fsp3) is 0.389. The van der Waals surface area contributed by atoms with Gasteiger partial charge in [-0.25, -0.2) is 0 Å². The molecule has 0 aliphatic heterocycles. The van der Waals surface area contributed by atoms with E-state index in [2.05, 4.69) is 6.92 Å². The normalized spacial score (nSPS) is 11.4. The zero-order valence-corrected chi connectivity index (χ0v) is 13.1. The summed E-state index contributed by atoms with van der Waals surface area (Å²) in [5.74, 6) is 0.519. The minimum Gasteiger partial charge on any atom is -0.504 e. The van der Waals surface area contributed by atoms with Gasteiger partial charge in [0.15, 0.2) is 17.3 Å². The molecule has 0 bridgehead atoms. The van der Waals surface area contributed by atoms with Crippen LogP contribution in [0.2, 0.25) is 0 Å². The van der Waals surface area contributed by atoms with Gasteiger partial charge in [0.05, 0.1) is 7.11 Å². The number of unbranched alkanes of at least 4 members (excludes halogenated alkanes) is 3. The molecule has 0 amide bonds. The lowest BCUT2D eigenvalue weighted by Gasteiger charge is -2.07. The van der Waals surface area contributed by atoms with Crippen LogP contribution < -0.4 is 4.74 Å². The molecule has 21 heavy (non-hydrogen) atoms. The van der Waals surface area contributed by atoms with Crippen LogP contribution >= 0.6 is 0 Å². The molecule has 0 aliphatic carbocycles. The van der Waals surface area contributed by atoms with Crippen molar-refractivity contribution in [3.8, 4) is 11.5 Å².